The van der Waals surface area contributed by atoms with Crippen LogP contribution < -0.4 is 10.2 Å². The summed E-state index contributed by atoms with van der Waals surface area (Å²) in [6, 6.07) is 6.35. The highest BCUT2D eigenvalue weighted by Crippen LogP contribution is 2.15. The van der Waals surface area contributed by atoms with Crippen molar-refractivity contribution < 1.29 is 14.7 Å². The maximum Gasteiger partial charge on any atom is 0.326 e. The van der Waals surface area contributed by atoms with Crippen LogP contribution in [0.3, 0.4) is 0 Å². The molecule has 0 heterocycles. The number of hydrogen-bond donors (Lipinski definition) is 2. The number of nitrogens with one attached hydrogen (secondary N) is 1. The van der Waals surface area contributed by atoms with Gasteiger partial charge in [0.25, 0.3) is 0 Å². The molecule has 0 aromatic heterocycles. The summed E-state index contributed by atoms with van der Waals surface area (Å²) in [5, 5.41) is 11.8. The normalized spacial score (nSPS) is 13.3. The topological polar surface area (TPSA) is 69.6 Å². The zero-order valence-corrected chi connectivity index (χ0v) is 13.1. The Kier molecular flexibility index (Phi) is 6.21. The van der Waals surface area contributed by atoms with Gasteiger partial charge < -0.3 is 10.4 Å². The Labute approximate surface area is 126 Å². The van der Waals surface area contributed by atoms with Gasteiger partial charge in [-0.1, -0.05) is 39.3 Å². The molecule has 2 atom stereocenters. The Balaban J connectivity index is 2.78. The predicted molar refractivity (Wildman–Crippen MR) is 83.6 cm³/mol. The molecule has 1 aromatic rings. The van der Waals surface area contributed by atoms with Crippen LogP contribution in [0, 0.1) is 5.92 Å². The van der Waals surface area contributed by atoms with Crippen LogP contribution in [0.15, 0.2) is 24.3 Å². The lowest BCUT2D eigenvalue weighted by Gasteiger charge is -2.24. The lowest BCUT2D eigenvalue weighted by atomic mass is 9.99. The summed E-state index contributed by atoms with van der Waals surface area (Å²) in [7, 11) is 1.63. The van der Waals surface area contributed by atoms with Crippen molar-refractivity contribution in [1.82, 2.24) is 5.32 Å². The van der Waals surface area contributed by atoms with Gasteiger partial charge in [-0.15, -0.1) is 0 Å². The van der Waals surface area contributed by atoms with E-state index in [1.165, 1.54) is 10.5 Å². The molecule has 0 aliphatic rings. The molecule has 0 fully saturated rings. The number of nitrogens with zero attached hydrogens (tertiary/aromatic N) is 1. The Hall–Kier alpha value is -2.04. The van der Waals surface area contributed by atoms with Gasteiger partial charge in [-0.25, -0.2) is 9.59 Å². The minimum absolute atomic E-state index is 0.123. The molecule has 2 amide bonds. The van der Waals surface area contributed by atoms with E-state index in [9.17, 15) is 14.7 Å². The minimum Gasteiger partial charge on any atom is -0.480 e. The molecule has 5 nitrogen and oxygen atoms in total. The Morgan fingerprint density at radius 2 is 1.81 bits per heavy atom. The fourth-order valence-corrected chi connectivity index (χ4v) is 1.99. The second-order valence-electron chi connectivity index (χ2n) is 5.23. The van der Waals surface area contributed by atoms with Crippen molar-refractivity contribution in [2.45, 2.75) is 39.7 Å². The molecule has 5 heteroatoms. The third-order valence-electron chi connectivity index (χ3n) is 3.79. The van der Waals surface area contributed by atoms with E-state index in [4.69, 9.17) is 0 Å². The number of hydrogen-bond acceptors (Lipinski definition) is 2. The number of carbonyl (C=O) groups excluding carboxylic acids is 1. The number of aryl methyl sites for hydroxylation is 1. The first kappa shape index (κ1) is 17.0. The van der Waals surface area contributed by atoms with Gasteiger partial charge in [0.05, 0.1) is 0 Å². The van der Waals surface area contributed by atoms with Crippen LogP contribution in [-0.4, -0.2) is 30.2 Å². The summed E-state index contributed by atoms with van der Waals surface area (Å²) < 4.78 is 0. The molecule has 21 heavy (non-hydrogen) atoms. The summed E-state index contributed by atoms with van der Waals surface area (Å²) in [6.45, 7) is 5.78. The van der Waals surface area contributed by atoms with Crippen LogP contribution in [0.2, 0.25) is 0 Å². The summed E-state index contributed by atoms with van der Waals surface area (Å²) in [6.07, 6.45) is 1.62. The van der Waals surface area contributed by atoms with Gasteiger partial charge in [0, 0.05) is 12.7 Å². The summed E-state index contributed by atoms with van der Waals surface area (Å²) in [5.74, 6) is -1.13. The average Bonchev–Trinajstić information content (AvgIpc) is 2.50. The highest BCUT2D eigenvalue weighted by molar-refractivity contribution is 5.94. The van der Waals surface area contributed by atoms with Gasteiger partial charge in [0.1, 0.15) is 6.04 Å². The molecule has 0 bridgehead atoms. The van der Waals surface area contributed by atoms with Gasteiger partial charge >= 0.3 is 12.0 Å². The number of carboxylic acid groups (broad SMARTS) is 1. The van der Waals surface area contributed by atoms with Crippen LogP contribution in [0.25, 0.3) is 0 Å². The quantitative estimate of drug-likeness (QED) is 0.847. The molecule has 0 saturated carbocycles. The van der Waals surface area contributed by atoms with Crippen molar-refractivity contribution >= 4 is 17.7 Å². The number of amides is 2. The summed E-state index contributed by atoms with van der Waals surface area (Å²) >= 11 is 0. The number of carboxylic acids is 1. The van der Waals surface area contributed by atoms with Crippen LogP contribution in [0.1, 0.15) is 32.8 Å². The Bertz CT molecular complexity index is 485. The van der Waals surface area contributed by atoms with E-state index in [-0.39, 0.29) is 5.92 Å². The van der Waals surface area contributed by atoms with Gasteiger partial charge in [-0.3, -0.25) is 4.90 Å². The number of anilines is 1. The van der Waals surface area contributed by atoms with Gasteiger partial charge in [0.15, 0.2) is 0 Å². The number of benzene rings is 1. The SMILES string of the molecule is CCc1ccc(N(C)C(=O)N[C@H](C(=O)O)[C@@H](C)CC)cc1. The Morgan fingerprint density at radius 1 is 1.24 bits per heavy atom. The highest BCUT2D eigenvalue weighted by Gasteiger charge is 2.26. The molecule has 0 aliphatic carbocycles. The highest BCUT2D eigenvalue weighted by atomic mass is 16.4. The van der Waals surface area contributed by atoms with Gasteiger partial charge in [-0.05, 0) is 30.0 Å². The first-order valence-corrected chi connectivity index (χ1v) is 7.26. The second-order valence-corrected chi connectivity index (χ2v) is 5.23. The van der Waals surface area contributed by atoms with Gasteiger partial charge in [-0.2, -0.15) is 0 Å². The fourth-order valence-electron chi connectivity index (χ4n) is 1.99. The smallest absolute Gasteiger partial charge is 0.326 e. The van der Waals surface area contributed by atoms with Crippen molar-refractivity contribution in [3.05, 3.63) is 29.8 Å². The number of urea groups is 1. The molecule has 1 rings (SSSR count). The third-order valence-corrected chi connectivity index (χ3v) is 3.79. The maximum absolute atomic E-state index is 12.2. The lowest BCUT2D eigenvalue weighted by molar-refractivity contribution is -0.140. The third kappa shape index (κ3) is 4.48. The van der Waals surface area contributed by atoms with Crippen LogP contribution >= 0.6 is 0 Å². The molecule has 0 unspecified atom stereocenters. The molecule has 0 spiro atoms. The van der Waals surface area contributed by atoms with Gasteiger partial charge in [0.2, 0.25) is 0 Å². The van der Waals surface area contributed by atoms with Crippen LogP contribution in [0.5, 0.6) is 0 Å². The predicted octanol–water partition coefficient (Wildman–Crippen LogP) is 2.89. The summed E-state index contributed by atoms with van der Waals surface area (Å²) in [4.78, 5) is 24.9. The molecule has 2 N–H and O–H groups in total. The number of aliphatic carboxylic acids is 1. The minimum atomic E-state index is -1.01. The van der Waals surface area contributed by atoms with Crippen molar-refractivity contribution in [2.75, 3.05) is 11.9 Å². The first-order valence-electron chi connectivity index (χ1n) is 7.26. The molecule has 0 saturated heterocycles. The van der Waals surface area contributed by atoms with Crippen LogP contribution in [0.4, 0.5) is 10.5 Å². The van der Waals surface area contributed by atoms with Crippen LogP contribution in [-0.2, 0) is 11.2 Å². The zero-order valence-electron chi connectivity index (χ0n) is 13.1. The molecular weight excluding hydrogens is 268 g/mol. The van der Waals surface area contributed by atoms with E-state index in [0.29, 0.717) is 6.42 Å². The number of rotatable bonds is 6. The monoisotopic (exact) mass is 292 g/mol. The molecule has 0 aliphatic heterocycles. The van der Waals surface area contributed by atoms with E-state index in [0.717, 1.165) is 12.1 Å². The van der Waals surface area contributed by atoms with Crippen molar-refractivity contribution in [3.8, 4) is 0 Å². The zero-order chi connectivity index (χ0) is 16.0. The lowest BCUT2D eigenvalue weighted by Crippen LogP contribution is -2.49. The van der Waals surface area contributed by atoms with Crippen molar-refractivity contribution in [3.63, 3.8) is 0 Å². The van der Waals surface area contributed by atoms with Crippen molar-refractivity contribution in [2.24, 2.45) is 5.92 Å². The molecule has 0 radical (unpaired) electrons. The van der Waals surface area contributed by atoms with E-state index < -0.39 is 18.0 Å². The summed E-state index contributed by atoms with van der Waals surface area (Å²) in [5.41, 5.74) is 1.92. The molecular formula is C16H24N2O3. The number of carbonyl (C=O) groups is 2. The van der Waals surface area contributed by atoms with E-state index in [2.05, 4.69) is 12.2 Å². The second kappa shape index (κ2) is 7.67. The largest absolute Gasteiger partial charge is 0.480 e. The fraction of sp³-hybridized carbons (Fsp3) is 0.500. The van der Waals surface area contributed by atoms with E-state index >= 15 is 0 Å². The maximum atomic E-state index is 12.2. The average molecular weight is 292 g/mol. The molecule has 116 valence electrons. The van der Waals surface area contributed by atoms with E-state index in [1.807, 2.05) is 38.1 Å². The first-order chi connectivity index (χ1) is 9.90. The van der Waals surface area contributed by atoms with E-state index in [1.54, 1.807) is 7.05 Å². The standard InChI is InChI=1S/C16H24N2O3/c1-5-11(3)14(15(19)20)17-16(21)18(4)13-9-7-12(6-2)8-10-13/h7-11,14H,5-6H2,1-4H3,(H,17,21)(H,19,20)/t11-,14-/m0/s1. The van der Waals surface area contributed by atoms with Crippen molar-refractivity contribution in [1.29, 1.82) is 0 Å². The molecule has 1 aromatic carbocycles. The Morgan fingerprint density at radius 3 is 2.24 bits per heavy atom.